The Balaban J connectivity index is 1.47. The van der Waals surface area contributed by atoms with E-state index in [2.05, 4.69) is 15.5 Å². The van der Waals surface area contributed by atoms with Crippen LogP contribution in [0.1, 0.15) is 17.5 Å². The zero-order valence-electron chi connectivity index (χ0n) is 14.2. The van der Waals surface area contributed by atoms with Crippen molar-refractivity contribution < 1.29 is 20.1 Å². The van der Waals surface area contributed by atoms with Gasteiger partial charge in [-0.05, 0) is 55.7 Å². The van der Waals surface area contributed by atoms with Gasteiger partial charge < -0.3 is 20.6 Å². The Morgan fingerprint density at radius 2 is 1.70 bits per heavy atom. The van der Waals surface area contributed by atoms with Crippen molar-refractivity contribution in [3.8, 4) is 27.8 Å². The van der Waals surface area contributed by atoms with Gasteiger partial charge in [0.1, 0.15) is 22.3 Å². The number of anilines is 1. The lowest BCUT2D eigenvalue weighted by molar-refractivity contribution is -0.120. The van der Waals surface area contributed by atoms with E-state index in [0.29, 0.717) is 40.5 Å². The molecule has 1 heterocycles. The van der Waals surface area contributed by atoms with Crippen molar-refractivity contribution in [3.05, 3.63) is 47.5 Å². The summed E-state index contributed by atoms with van der Waals surface area (Å²) in [5.74, 6) is -0.0677. The van der Waals surface area contributed by atoms with Crippen molar-refractivity contribution in [3.63, 3.8) is 0 Å². The number of hydrogen-bond donors (Lipinski definition) is 4. The zero-order valence-corrected chi connectivity index (χ0v) is 15.0. The summed E-state index contributed by atoms with van der Waals surface area (Å²) < 4.78 is 0. The molecule has 1 unspecified atom stereocenters. The maximum absolute atomic E-state index is 12.6. The normalized spacial score (nSPS) is 15.9. The molecule has 0 radical (unpaired) electrons. The van der Waals surface area contributed by atoms with E-state index in [4.69, 9.17) is 0 Å². The number of phenols is 3. The fourth-order valence-electron chi connectivity index (χ4n) is 3.27. The van der Waals surface area contributed by atoms with Crippen LogP contribution in [-0.4, -0.2) is 31.4 Å². The SMILES string of the molecule is O=C(Nc1nnc(-c2ccc(O)cc2)s1)C1CCc2c(O)ccc(O)c2C1. The number of nitrogens with one attached hydrogen (secondary N) is 1. The molecule has 1 aliphatic rings. The average molecular weight is 383 g/mol. The first kappa shape index (κ1) is 17.3. The van der Waals surface area contributed by atoms with Gasteiger partial charge in [-0.15, -0.1) is 10.2 Å². The summed E-state index contributed by atoms with van der Waals surface area (Å²) in [7, 11) is 0. The molecule has 3 aromatic rings. The zero-order chi connectivity index (χ0) is 19.0. The lowest BCUT2D eigenvalue weighted by Crippen LogP contribution is -2.28. The topological polar surface area (TPSA) is 116 Å². The Kier molecular flexibility index (Phi) is 4.41. The minimum absolute atomic E-state index is 0.103. The molecular formula is C19H17N3O4S. The van der Waals surface area contributed by atoms with Crippen LogP contribution in [0.25, 0.3) is 10.6 Å². The summed E-state index contributed by atoms with van der Waals surface area (Å²) in [6.45, 7) is 0. The molecule has 1 amide bonds. The molecule has 1 atom stereocenters. The summed E-state index contributed by atoms with van der Waals surface area (Å²) in [6.07, 6.45) is 1.48. The quantitative estimate of drug-likeness (QED) is 0.517. The molecule has 8 heteroatoms. The standard InChI is InChI=1S/C19H17N3O4S/c23-12-4-1-10(2-5-12)18-21-22-19(27-18)20-17(26)11-3-6-13-14(9-11)16(25)8-7-15(13)24/h1-2,4-5,7-8,11,23-25H,3,6,9H2,(H,20,22,26). The third kappa shape index (κ3) is 3.43. The van der Waals surface area contributed by atoms with E-state index in [1.54, 1.807) is 24.3 Å². The molecule has 27 heavy (non-hydrogen) atoms. The number of nitrogens with zero attached hydrogens (tertiary/aromatic N) is 2. The second-order valence-corrected chi connectivity index (χ2v) is 7.43. The molecule has 0 bridgehead atoms. The predicted octanol–water partition coefficient (Wildman–Crippen LogP) is 3.07. The van der Waals surface area contributed by atoms with Crippen LogP contribution in [0.2, 0.25) is 0 Å². The van der Waals surface area contributed by atoms with Gasteiger partial charge in [0.05, 0.1) is 0 Å². The van der Waals surface area contributed by atoms with Crippen LogP contribution in [0.4, 0.5) is 5.13 Å². The van der Waals surface area contributed by atoms with Crippen LogP contribution in [0.5, 0.6) is 17.2 Å². The van der Waals surface area contributed by atoms with Gasteiger partial charge in [0.15, 0.2) is 0 Å². The van der Waals surface area contributed by atoms with Crippen LogP contribution < -0.4 is 5.32 Å². The van der Waals surface area contributed by atoms with E-state index >= 15 is 0 Å². The third-order valence-corrected chi connectivity index (χ3v) is 5.60. The molecule has 7 nitrogen and oxygen atoms in total. The Morgan fingerprint density at radius 3 is 2.44 bits per heavy atom. The molecule has 1 aliphatic carbocycles. The summed E-state index contributed by atoms with van der Waals surface area (Å²) >= 11 is 1.25. The van der Waals surface area contributed by atoms with E-state index in [1.807, 2.05) is 0 Å². The van der Waals surface area contributed by atoms with Gasteiger partial charge in [-0.3, -0.25) is 4.79 Å². The molecule has 2 aromatic carbocycles. The first-order valence-electron chi connectivity index (χ1n) is 8.47. The molecule has 0 saturated carbocycles. The van der Waals surface area contributed by atoms with E-state index < -0.39 is 0 Å². The number of benzene rings is 2. The van der Waals surface area contributed by atoms with E-state index in [1.165, 1.54) is 23.5 Å². The van der Waals surface area contributed by atoms with Crippen molar-refractivity contribution in [2.75, 3.05) is 5.32 Å². The molecule has 0 saturated heterocycles. The van der Waals surface area contributed by atoms with E-state index in [9.17, 15) is 20.1 Å². The minimum atomic E-state index is -0.314. The van der Waals surface area contributed by atoms with Gasteiger partial charge in [-0.25, -0.2) is 0 Å². The largest absolute Gasteiger partial charge is 0.508 e. The van der Waals surface area contributed by atoms with Gasteiger partial charge in [0, 0.05) is 22.6 Å². The third-order valence-electron chi connectivity index (χ3n) is 4.72. The van der Waals surface area contributed by atoms with Crippen molar-refractivity contribution in [1.29, 1.82) is 0 Å². The Bertz CT molecular complexity index is 1000. The van der Waals surface area contributed by atoms with Crippen molar-refractivity contribution in [2.24, 2.45) is 5.92 Å². The van der Waals surface area contributed by atoms with Crippen LogP contribution in [-0.2, 0) is 17.6 Å². The molecule has 0 spiro atoms. The van der Waals surface area contributed by atoms with Gasteiger partial charge in [-0.2, -0.15) is 0 Å². The number of phenolic OH excluding ortho intramolecular Hbond substituents is 3. The number of fused-ring (bicyclic) bond motifs is 1. The van der Waals surface area contributed by atoms with E-state index in [0.717, 1.165) is 5.56 Å². The maximum atomic E-state index is 12.6. The Labute approximate surface area is 159 Å². The van der Waals surface area contributed by atoms with Crippen LogP contribution in [0.15, 0.2) is 36.4 Å². The lowest BCUT2D eigenvalue weighted by Gasteiger charge is -2.24. The highest BCUT2D eigenvalue weighted by atomic mass is 32.1. The first-order valence-corrected chi connectivity index (χ1v) is 9.29. The fourth-order valence-corrected chi connectivity index (χ4v) is 4.02. The first-order chi connectivity index (χ1) is 13.0. The van der Waals surface area contributed by atoms with Crippen molar-refractivity contribution in [1.82, 2.24) is 10.2 Å². The number of aromatic hydroxyl groups is 3. The second kappa shape index (κ2) is 6.88. The van der Waals surface area contributed by atoms with E-state index in [-0.39, 0.29) is 29.1 Å². The number of carbonyl (C=O) groups is 1. The number of aromatic nitrogens is 2. The maximum Gasteiger partial charge on any atom is 0.229 e. The van der Waals surface area contributed by atoms with Crippen molar-refractivity contribution >= 4 is 22.4 Å². The second-order valence-electron chi connectivity index (χ2n) is 6.45. The highest BCUT2D eigenvalue weighted by Crippen LogP contribution is 2.37. The fraction of sp³-hybridized carbons (Fsp3) is 0.211. The molecular weight excluding hydrogens is 366 g/mol. The molecule has 1 aromatic heterocycles. The number of carbonyl (C=O) groups excluding carboxylic acids is 1. The molecule has 4 N–H and O–H groups in total. The average Bonchev–Trinajstić information content (AvgIpc) is 3.13. The molecule has 0 fully saturated rings. The van der Waals surface area contributed by atoms with Crippen LogP contribution in [0.3, 0.4) is 0 Å². The molecule has 0 aliphatic heterocycles. The Hall–Kier alpha value is -3.13. The smallest absolute Gasteiger partial charge is 0.229 e. The molecule has 4 rings (SSSR count). The predicted molar refractivity (Wildman–Crippen MR) is 101 cm³/mol. The van der Waals surface area contributed by atoms with Crippen LogP contribution >= 0.6 is 11.3 Å². The summed E-state index contributed by atoms with van der Waals surface area (Å²) in [5.41, 5.74) is 2.14. The Morgan fingerprint density at radius 1 is 1.00 bits per heavy atom. The number of amides is 1. The number of hydrogen-bond acceptors (Lipinski definition) is 7. The summed E-state index contributed by atoms with van der Waals surface area (Å²) in [4.78, 5) is 12.6. The molecule has 138 valence electrons. The minimum Gasteiger partial charge on any atom is -0.508 e. The van der Waals surface area contributed by atoms with Gasteiger partial charge in [-0.1, -0.05) is 11.3 Å². The van der Waals surface area contributed by atoms with Crippen LogP contribution in [0, 0.1) is 5.92 Å². The van der Waals surface area contributed by atoms with Gasteiger partial charge >= 0.3 is 0 Å². The highest BCUT2D eigenvalue weighted by Gasteiger charge is 2.28. The van der Waals surface area contributed by atoms with Gasteiger partial charge in [0.2, 0.25) is 11.0 Å². The number of rotatable bonds is 3. The van der Waals surface area contributed by atoms with Gasteiger partial charge in [0.25, 0.3) is 0 Å². The lowest BCUT2D eigenvalue weighted by atomic mass is 9.82. The van der Waals surface area contributed by atoms with Crippen molar-refractivity contribution in [2.45, 2.75) is 19.3 Å². The highest BCUT2D eigenvalue weighted by molar-refractivity contribution is 7.18. The summed E-state index contributed by atoms with van der Waals surface area (Å²) in [6, 6.07) is 9.51. The summed E-state index contributed by atoms with van der Waals surface area (Å²) in [5, 5.41) is 41.2. The monoisotopic (exact) mass is 383 g/mol.